The Labute approximate surface area is 176 Å². The van der Waals surface area contributed by atoms with Crippen LogP contribution in [0, 0.1) is 6.92 Å². The van der Waals surface area contributed by atoms with Gasteiger partial charge in [-0.2, -0.15) is 0 Å². The van der Waals surface area contributed by atoms with Crippen LogP contribution in [-0.2, 0) is 4.79 Å². The third-order valence-electron chi connectivity index (χ3n) is 4.89. The third-order valence-corrected chi connectivity index (χ3v) is 5.14. The largest absolute Gasteiger partial charge is 0.339 e. The average Bonchev–Trinajstić information content (AvgIpc) is 2.94. The Bertz CT molecular complexity index is 809. The molecule has 7 heteroatoms. The van der Waals surface area contributed by atoms with Crippen molar-refractivity contribution in [1.82, 2.24) is 9.80 Å². The van der Waals surface area contributed by atoms with E-state index in [9.17, 15) is 9.59 Å². The normalized spacial score (nSPS) is 15.4. The smallest absolute Gasteiger partial charge is 0.253 e. The van der Waals surface area contributed by atoms with Crippen LogP contribution in [0.4, 0.5) is 0 Å². The van der Waals surface area contributed by atoms with Crippen LogP contribution < -0.4 is 5.73 Å². The van der Waals surface area contributed by atoms with E-state index < -0.39 is 6.04 Å². The number of carbonyl (C=O) groups is 2. The van der Waals surface area contributed by atoms with Crippen LogP contribution in [0.2, 0.25) is 5.02 Å². The molecule has 2 aromatic rings. The molecule has 0 radical (unpaired) electrons. The molecule has 1 heterocycles. The maximum atomic E-state index is 12.8. The first-order valence-electron chi connectivity index (χ1n) is 9.11. The monoisotopic (exact) mass is 421 g/mol. The molecule has 0 aliphatic carbocycles. The van der Waals surface area contributed by atoms with Crippen molar-refractivity contribution < 1.29 is 9.59 Å². The molecule has 2 N–H and O–H groups in total. The second kappa shape index (κ2) is 9.92. The van der Waals surface area contributed by atoms with Crippen LogP contribution in [0.3, 0.4) is 0 Å². The highest BCUT2D eigenvalue weighted by Crippen LogP contribution is 2.17. The summed E-state index contributed by atoms with van der Waals surface area (Å²) in [5, 5.41) is 0.601. The summed E-state index contributed by atoms with van der Waals surface area (Å²) < 4.78 is 0. The fourth-order valence-electron chi connectivity index (χ4n) is 3.23. The SMILES string of the molecule is Cc1ccc(C(N)C(=O)N2CCCN(C(=O)c3ccc(Cl)cc3)CC2)cc1.Cl. The van der Waals surface area contributed by atoms with Gasteiger partial charge < -0.3 is 15.5 Å². The molecule has 1 aliphatic rings. The summed E-state index contributed by atoms with van der Waals surface area (Å²) in [6, 6.07) is 13.9. The molecule has 1 unspecified atom stereocenters. The molecule has 1 aliphatic heterocycles. The molecule has 0 bridgehead atoms. The second-order valence-electron chi connectivity index (χ2n) is 6.87. The first-order chi connectivity index (χ1) is 13.0. The Kier molecular flexibility index (Phi) is 7.87. The van der Waals surface area contributed by atoms with Crippen molar-refractivity contribution >= 4 is 35.8 Å². The molecular formula is C21H25Cl2N3O2. The van der Waals surface area contributed by atoms with Gasteiger partial charge in [0.1, 0.15) is 6.04 Å². The van der Waals surface area contributed by atoms with Crippen molar-refractivity contribution in [3.8, 4) is 0 Å². The minimum absolute atomic E-state index is 0. The summed E-state index contributed by atoms with van der Waals surface area (Å²) in [5.74, 6) is -0.136. The number of halogens is 2. The molecule has 2 aromatic carbocycles. The van der Waals surface area contributed by atoms with E-state index >= 15 is 0 Å². The van der Waals surface area contributed by atoms with E-state index in [2.05, 4.69) is 0 Å². The first-order valence-corrected chi connectivity index (χ1v) is 9.49. The van der Waals surface area contributed by atoms with Gasteiger partial charge in [-0.05, 0) is 43.2 Å². The summed E-state index contributed by atoms with van der Waals surface area (Å²) in [6.45, 7) is 4.19. The van der Waals surface area contributed by atoms with E-state index in [0.717, 1.165) is 17.5 Å². The van der Waals surface area contributed by atoms with Crippen molar-refractivity contribution in [3.05, 3.63) is 70.2 Å². The number of rotatable bonds is 3. The van der Waals surface area contributed by atoms with Crippen LogP contribution in [-0.4, -0.2) is 47.8 Å². The summed E-state index contributed by atoms with van der Waals surface area (Å²) in [7, 11) is 0. The van der Waals surface area contributed by atoms with Gasteiger partial charge in [0.15, 0.2) is 0 Å². The number of amides is 2. The molecule has 1 saturated heterocycles. The van der Waals surface area contributed by atoms with Crippen molar-refractivity contribution in [2.45, 2.75) is 19.4 Å². The van der Waals surface area contributed by atoms with Crippen molar-refractivity contribution in [3.63, 3.8) is 0 Å². The minimum Gasteiger partial charge on any atom is -0.339 e. The second-order valence-corrected chi connectivity index (χ2v) is 7.30. The molecular weight excluding hydrogens is 397 g/mol. The number of hydrogen-bond acceptors (Lipinski definition) is 3. The number of carbonyl (C=O) groups excluding carboxylic acids is 2. The van der Waals surface area contributed by atoms with Gasteiger partial charge in [0.05, 0.1) is 0 Å². The van der Waals surface area contributed by atoms with Crippen LogP contribution >= 0.6 is 24.0 Å². The standard InChI is InChI=1S/C21H24ClN3O2.ClH/c1-15-3-5-16(6-4-15)19(23)21(27)25-12-2-11-24(13-14-25)20(26)17-7-9-18(22)10-8-17;/h3-10,19H,2,11-14,23H2,1H3;1H. The fraction of sp³-hybridized carbons (Fsp3) is 0.333. The fourth-order valence-corrected chi connectivity index (χ4v) is 3.36. The van der Waals surface area contributed by atoms with Gasteiger partial charge in [-0.25, -0.2) is 0 Å². The van der Waals surface area contributed by atoms with Crippen LogP contribution in [0.15, 0.2) is 48.5 Å². The Morgan fingerprint density at radius 3 is 2.14 bits per heavy atom. The summed E-state index contributed by atoms with van der Waals surface area (Å²) in [4.78, 5) is 29.0. The minimum atomic E-state index is -0.677. The van der Waals surface area contributed by atoms with Crippen molar-refractivity contribution in [1.29, 1.82) is 0 Å². The third kappa shape index (κ3) is 5.25. The molecule has 0 saturated carbocycles. The highest BCUT2D eigenvalue weighted by molar-refractivity contribution is 6.30. The Hall–Kier alpha value is -2.08. The number of hydrogen-bond donors (Lipinski definition) is 1. The summed E-state index contributed by atoms with van der Waals surface area (Å²) in [6.07, 6.45) is 0.728. The molecule has 0 aromatic heterocycles. The topological polar surface area (TPSA) is 66.6 Å². The van der Waals surface area contributed by atoms with E-state index in [-0.39, 0.29) is 24.2 Å². The molecule has 3 rings (SSSR count). The lowest BCUT2D eigenvalue weighted by molar-refractivity contribution is -0.132. The Morgan fingerprint density at radius 2 is 1.50 bits per heavy atom. The Balaban J connectivity index is 0.00000280. The first kappa shape index (κ1) is 22.2. The molecule has 0 spiro atoms. The maximum Gasteiger partial charge on any atom is 0.253 e. The zero-order valence-electron chi connectivity index (χ0n) is 15.8. The lowest BCUT2D eigenvalue weighted by Crippen LogP contribution is -2.41. The van der Waals surface area contributed by atoms with E-state index in [4.69, 9.17) is 17.3 Å². The lowest BCUT2D eigenvalue weighted by Gasteiger charge is -2.25. The quantitative estimate of drug-likeness (QED) is 0.824. The van der Waals surface area contributed by atoms with Gasteiger partial charge in [-0.3, -0.25) is 9.59 Å². The molecule has 28 heavy (non-hydrogen) atoms. The molecule has 1 atom stereocenters. The van der Waals surface area contributed by atoms with E-state index in [1.54, 1.807) is 34.1 Å². The number of benzene rings is 2. The van der Waals surface area contributed by atoms with Gasteiger partial charge in [0.25, 0.3) is 5.91 Å². The maximum absolute atomic E-state index is 12.8. The van der Waals surface area contributed by atoms with Crippen LogP contribution in [0.1, 0.15) is 33.9 Å². The van der Waals surface area contributed by atoms with E-state index in [1.807, 2.05) is 31.2 Å². The predicted molar refractivity (Wildman–Crippen MR) is 114 cm³/mol. The summed E-state index contributed by atoms with van der Waals surface area (Å²) in [5.41, 5.74) is 8.73. The lowest BCUT2D eigenvalue weighted by atomic mass is 10.0. The average molecular weight is 422 g/mol. The van der Waals surface area contributed by atoms with E-state index in [1.165, 1.54) is 0 Å². The van der Waals surface area contributed by atoms with Crippen LogP contribution in [0.25, 0.3) is 0 Å². The van der Waals surface area contributed by atoms with Crippen molar-refractivity contribution in [2.75, 3.05) is 26.2 Å². The predicted octanol–water partition coefficient (Wildman–Crippen LogP) is 3.44. The van der Waals surface area contributed by atoms with Gasteiger partial charge in [0, 0.05) is 36.8 Å². The van der Waals surface area contributed by atoms with Crippen molar-refractivity contribution in [2.24, 2.45) is 5.73 Å². The zero-order valence-corrected chi connectivity index (χ0v) is 17.4. The van der Waals surface area contributed by atoms with Gasteiger partial charge in [0.2, 0.25) is 5.91 Å². The number of nitrogens with zero attached hydrogens (tertiary/aromatic N) is 2. The Morgan fingerprint density at radius 1 is 0.929 bits per heavy atom. The number of nitrogens with two attached hydrogens (primary N) is 1. The molecule has 5 nitrogen and oxygen atoms in total. The highest BCUT2D eigenvalue weighted by Gasteiger charge is 2.26. The highest BCUT2D eigenvalue weighted by atomic mass is 35.5. The van der Waals surface area contributed by atoms with Gasteiger partial charge in [-0.15, -0.1) is 12.4 Å². The van der Waals surface area contributed by atoms with Crippen LogP contribution in [0.5, 0.6) is 0 Å². The van der Waals surface area contributed by atoms with E-state index in [0.29, 0.717) is 36.8 Å². The van der Waals surface area contributed by atoms with Gasteiger partial charge >= 0.3 is 0 Å². The molecule has 150 valence electrons. The molecule has 1 fully saturated rings. The zero-order chi connectivity index (χ0) is 19.4. The van der Waals surface area contributed by atoms with Gasteiger partial charge in [-0.1, -0.05) is 41.4 Å². The molecule has 2 amide bonds. The summed E-state index contributed by atoms with van der Waals surface area (Å²) >= 11 is 5.89. The number of aryl methyl sites for hydroxylation is 1.